The molecule has 0 N–H and O–H groups in total. The molecule has 0 saturated heterocycles. The molecule has 0 spiro atoms. The normalized spacial score (nSPS) is 8.18. The quantitative estimate of drug-likeness (QED) is 0.646. The fraction of sp³-hybridized carbons (Fsp3) is 0. The third kappa shape index (κ3) is 4.60. The maximum atomic E-state index is 5.56. The van der Waals surface area contributed by atoms with Gasteiger partial charge in [-0.3, -0.25) is 0 Å². The molecule has 1 rings (SSSR count). The van der Waals surface area contributed by atoms with Crippen LogP contribution in [0.5, 0.6) is 0 Å². The summed E-state index contributed by atoms with van der Waals surface area (Å²) in [6.45, 7) is 0. The van der Waals surface area contributed by atoms with Gasteiger partial charge in [0.25, 0.3) is 0 Å². The van der Waals surface area contributed by atoms with Gasteiger partial charge in [0.05, 0.1) is 0 Å². The van der Waals surface area contributed by atoms with E-state index in [1.807, 2.05) is 30.3 Å². The molecule has 0 saturated carbocycles. The second-order valence-corrected chi connectivity index (χ2v) is 5.99. The maximum absolute atomic E-state index is 5.56. The van der Waals surface area contributed by atoms with Crippen molar-refractivity contribution in [3.63, 3.8) is 0 Å². The van der Waals surface area contributed by atoms with Crippen LogP contribution >= 0.6 is 19.7 Å². The van der Waals surface area contributed by atoms with Crippen LogP contribution in [-0.4, -0.2) is 0 Å². The molecule has 0 bridgehead atoms. The first kappa shape index (κ1) is 11.2. The van der Waals surface area contributed by atoms with Gasteiger partial charge in [0.15, 0.2) is 0 Å². The van der Waals surface area contributed by atoms with E-state index in [0.717, 1.165) is 5.69 Å². The summed E-state index contributed by atoms with van der Waals surface area (Å²) in [4.78, 5) is 0. The van der Waals surface area contributed by atoms with Gasteiger partial charge in [0, 0.05) is 0 Å². The van der Waals surface area contributed by atoms with E-state index in [1.165, 1.54) is 0 Å². The van der Waals surface area contributed by atoms with Crippen molar-refractivity contribution in [2.24, 2.45) is 3.79 Å². The minimum absolute atomic E-state index is 0. The van der Waals surface area contributed by atoms with Crippen LogP contribution in [-0.2, 0) is 13.1 Å². The molecule has 1 aromatic carbocycles. The summed E-state index contributed by atoms with van der Waals surface area (Å²) in [5, 5.41) is 0. The first-order valence-electron chi connectivity index (χ1n) is 2.67. The second-order valence-electron chi connectivity index (χ2n) is 1.65. The summed E-state index contributed by atoms with van der Waals surface area (Å²) < 4.78 is 4.04. The minimum atomic E-state index is -1.89. The molecule has 0 atom stereocenters. The SMILES string of the molecule is [CH3-].[Cl][V]([Cl])=[N]c1ccccc1. The van der Waals surface area contributed by atoms with Crippen LogP contribution in [0.2, 0.25) is 0 Å². The standard InChI is InChI=1S/C6H5N.CH3.2ClH.V/c7-6-4-2-1-3-5-6;;;;/h1-5H;1H3;2*1H;/q;-1;;;+2/p-2. The Hall–Kier alpha value is 0.184. The molecule has 4 heteroatoms. The first-order chi connectivity index (χ1) is 4.79. The number of nitrogens with zero attached hydrogens (tertiary/aromatic N) is 1. The molecule has 0 aliphatic carbocycles. The molecule has 61 valence electrons. The number of hydrogen-bond donors (Lipinski definition) is 0. The van der Waals surface area contributed by atoms with Crippen molar-refractivity contribution >= 4 is 25.4 Å². The Kier molecular flexibility index (Phi) is 5.88. The molecule has 11 heavy (non-hydrogen) atoms. The number of benzene rings is 1. The molecule has 0 fully saturated rings. The topological polar surface area (TPSA) is 12.4 Å². The van der Waals surface area contributed by atoms with Crippen LogP contribution in [0.3, 0.4) is 0 Å². The fourth-order valence-electron chi connectivity index (χ4n) is 0.582. The molecule has 1 nitrogen and oxygen atoms in total. The van der Waals surface area contributed by atoms with Crippen LogP contribution in [0.1, 0.15) is 0 Å². The van der Waals surface area contributed by atoms with E-state index >= 15 is 0 Å². The Balaban J connectivity index is 0.000001000. The van der Waals surface area contributed by atoms with E-state index in [0.29, 0.717) is 0 Å². The fourth-order valence-corrected chi connectivity index (χ4v) is 1.78. The summed E-state index contributed by atoms with van der Waals surface area (Å²) in [5.74, 6) is 0. The van der Waals surface area contributed by atoms with Gasteiger partial charge in [-0.15, -0.1) is 0 Å². The molecule has 0 aliphatic heterocycles. The van der Waals surface area contributed by atoms with Crippen LogP contribution < -0.4 is 0 Å². The van der Waals surface area contributed by atoms with Crippen molar-refractivity contribution in [3.8, 4) is 0 Å². The van der Waals surface area contributed by atoms with E-state index < -0.39 is 13.1 Å². The van der Waals surface area contributed by atoms with Crippen molar-refractivity contribution in [1.82, 2.24) is 0 Å². The summed E-state index contributed by atoms with van der Waals surface area (Å²) in [6, 6.07) is 9.51. The van der Waals surface area contributed by atoms with Crippen LogP contribution in [0.25, 0.3) is 0 Å². The van der Waals surface area contributed by atoms with Crippen molar-refractivity contribution in [3.05, 3.63) is 37.8 Å². The monoisotopic (exact) mass is 227 g/mol. The summed E-state index contributed by atoms with van der Waals surface area (Å²) in [5.41, 5.74) is 0.868. The van der Waals surface area contributed by atoms with Gasteiger partial charge >= 0.3 is 72.6 Å². The van der Waals surface area contributed by atoms with E-state index in [2.05, 4.69) is 3.79 Å². The molecule has 0 aromatic heterocycles. The Morgan fingerprint density at radius 1 is 1.09 bits per heavy atom. The predicted molar refractivity (Wildman–Crippen MR) is 46.7 cm³/mol. The van der Waals surface area contributed by atoms with Crippen molar-refractivity contribution in [2.75, 3.05) is 0 Å². The molecular formula is C7H8Cl2NV-. The number of halogens is 2. The van der Waals surface area contributed by atoms with Crippen LogP contribution in [0.4, 0.5) is 5.69 Å². The number of rotatable bonds is 1. The molecule has 0 radical (unpaired) electrons. The second kappa shape index (κ2) is 5.79. The molecule has 1 aromatic rings. The average molecular weight is 228 g/mol. The van der Waals surface area contributed by atoms with Crippen molar-refractivity contribution in [1.29, 1.82) is 0 Å². The average Bonchev–Trinajstić information content (AvgIpc) is 1.88. The van der Waals surface area contributed by atoms with Gasteiger partial charge in [-0.25, -0.2) is 0 Å². The molecule has 0 heterocycles. The summed E-state index contributed by atoms with van der Waals surface area (Å²) in [6.07, 6.45) is 0. The Morgan fingerprint density at radius 3 is 2.09 bits per heavy atom. The third-order valence-electron chi connectivity index (χ3n) is 0.947. The van der Waals surface area contributed by atoms with Crippen LogP contribution in [0, 0.1) is 7.43 Å². The number of hydrogen-bond acceptors (Lipinski definition) is 1. The predicted octanol–water partition coefficient (Wildman–Crippen LogP) is 3.88. The molecule has 0 unspecified atom stereocenters. The Bertz CT molecular complexity index is 231. The van der Waals surface area contributed by atoms with Gasteiger partial charge in [0.2, 0.25) is 0 Å². The molecule has 0 amide bonds. The third-order valence-corrected chi connectivity index (χ3v) is 2.17. The van der Waals surface area contributed by atoms with E-state index in [-0.39, 0.29) is 7.43 Å². The molecular weight excluding hydrogens is 220 g/mol. The summed E-state index contributed by atoms with van der Waals surface area (Å²) in [7, 11) is 11.1. The van der Waals surface area contributed by atoms with Gasteiger partial charge < -0.3 is 7.43 Å². The zero-order chi connectivity index (χ0) is 7.40. The first-order valence-corrected chi connectivity index (χ1v) is 7.14. The van der Waals surface area contributed by atoms with Gasteiger partial charge in [0.1, 0.15) is 0 Å². The zero-order valence-electron chi connectivity index (χ0n) is 6.04. The van der Waals surface area contributed by atoms with Crippen molar-refractivity contribution in [2.45, 2.75) is 0 Å². The van der Waals surface area contributed by atoms with Gasteiger partial charge in [-0.2, -0.15) is 0 Å². The van der Waals surface area contributed by atoms with Gasteiger partial charge in [-0.05, 0) is 0 Å². The Morgan fingerprint density at radius 2 is 1.64 bits per heavy atom. The Labute approximate surface area is 79.9 Å². The summed E-state index contributed by atoms with van der Waals surface area (Å²) >= 11 is -1.89. The van der Waals surface area contributed by atoms with E-state index in [1.54, 1.807) is 0 Å². The zero-order valence-corrected chi connectivity index (χ0v) is 8.95. The van der Waals surface area contributed by atoms with E-state index in [9.17, 15) is 0 Å². The molecule has 0 aliphatic rings. The van der Waals surface area contributed by atoms with Crippen molar-refractivity contribution < 1.29 is 13.1 Å². The van der Waals surface area contributed by atoms with E-state index in [4.69, 9.17) is 19.7 Å². The van der Waals surface area contributed by atoms with Gasteiger partial charge in [-0.1, -0.05) is 0 Å². The van der Waals surface area contributed by atoms with Crippen LogP contribution in [0.15, 0.2) is 34.1 Å².